The van der Waals surface area contributed by atoms with Crippen molar-refractivity contribution in [1.82, 2.24) is 15.0 Å². The fourth-order valence-corrected chi connectivity index (χ4v) is 3.85. The van der Waals surface area contributed by atoms with E-state index < -0.39 is 0 Å². The zero-order valence-electron chi connectivity index (χ0n) is 15.3. The topological polar surface area (TPSA) is 87.7 Å². The summed E-state index contributed by atoms with van der Waals surface area (Å²) in [5.74, 6) is -0.0615. The second kappa shape index (κ2) is 8.06. The number of thioether (sulfide) groups is 1. The van der Waals surface area contributed by atoms with Crippen molar-refractivity contribution in [2.45, 2.75) is 31.3 Å². The van der Waals surface area contributed by atoms with Gasteiger partial charge in [0.1, 0.15) is 0 Å². The van der Waals surface area contributed by atoms with Crippen LogP contribution in [0, 0.1) is 0 Å². The van der Waals surface area contributed by atoms with Gasteiger partial charge in [0, 0.05) is 22.4 Å². The van der Waals surface area contributed by atoms with Crippen LogP contribution in [-0.2, 0) is 10.2 Å². The number of aromatic amines is 1. The van der Waals surface area contributed by atoms with Gasteiger partial charge in [0.25, 0.3) is 5.56 Å². The molecule has 1 amide bonds. The summed E-state index contributed by atoms with van der Waals surface area (Å²) in [6.07, 6.45) is 0. The van der Waals surface area contributed by atoms with Crippen molar-refractivity contribution in [3.63, 3.8) is 0 Å². The molecule has 6 nitrogen and oxygen atoms in total. The molecule has 0 fully saturated rings. The van der Waals surface area contributed by atoms with Gasteiger partial charge < -0.3 is 10.3 Å². The normalized spacial score (nSPS) is 11.4. The first-order valence-electron chi connectivity index (χ1n) is 8.37. The summed E-state index contributed by atoms with van der Waals surface area (Å²) in [4.78, 5) is 35.6. The van der Waals surface area contributed by atoms with E-state index in [4.69, 9.17) is 0 Å². The van der Waals surface area contributed by atoms with Crippen molar-refractivity contribution in [2.24, 2.45) is 0 Å². The number of amides is 1. The molecule has 0 aliphatic rings. The zero-order chi connectivity index (χ0) is 19.4. The van der Waals surface area contributed by atoms with Crippen molar-refractivity contribution in [3.05, 3.63) is 57.8 Å². The minimum atomic E-state index is -0.249. The number of benzene rings is 1. The standard InChI is InChI=1S/C19H20N4O2S2/c1-19(2,3)14-10-26-18(21-14)23-16(25)11-27-17-20-13(9-15(24)22-17)12-7-5-4-6-8-12/h4-10H,11H2,1-3H3,(H,20,22,24)(H,21,23,25). The molecular formula is C19H20N4O2S2. The average Bonchev–Trinajstić information content (AvgIpc) is 3.09. The van der Waals surface area contributed by atoms with E-state index in [2.05, 4.69) is 41.0 Å². The van der Waals surface area contributed by atoms with E-state index in [0.717, 1.165) is 11.3 Å². The predicted molar refractivity (Wildman–Crippen MR) is 110 cm³/mol. The lowest BCUT2D eigenvalue weighted by Gasteiger charge is -2.14. The minimum Gasteiger partial charge on any atom is -0.301 e. The number of hydrogen-bond donors (Lipinski definition) is 2. The van der Waals surface area contributed by atoms with E-state index in [9.17, 15) is 9.59 Å². The lowest BCUT2D eigenvalue weighted by molar-refractivity contribution is -0.113. The van der Waals surface area contributed by atoms with E-state index in [1.807, 2.05) is 35.7 Å². The third-order valence-corrected chi connectivity index (χ3v) is 5.28. The second-order valence-electron chi connectivity index (χ2n) is 6.93. The summed E-state index contributed by atoms with van der Waals surface area (Å²) in [7, 11) is 0. The third-order valence-electron chi connectivity index (χ3n) is 3.65. The van der Waals surface area contributed by atoms with Crippen LogP contribution in [0.15, 0.2) is 51.7 Å². The zero-order valence-corrected chi connectivity index (χ0v) is 16.9. The predicted octanol–water partition coefficient (Wildman–Crippen LogP) is 3.92. The van der Waals surface area contributed by atoms with Gasteiger partial charge in [-0.15, -0.1) is 11.3 Å². The molecule has 3 aromatic rings. The van der Waals surface area contributed by atoms with E-state index in [1.54, 1.807) is 0 Å². The lowest BCUT2D eigenvalue weighted by atomic mass is 9.93. The Morgan fingerprint density at radius 2 is 1.96 bits per heavy atom. The highest BCUT2D eigenvalue weighted by Crippen LogP contribution is 2.26. The van der Waals surface area contributed by atoms with Crippen molar-refractivity contribution in [2.75, 3.05) is 11.1 Å². The van der Waals surface area contributed by atoms with Crippen LogP contribution >= 0.6 is 23.1 Å². The van der Waals surface area contributed by atoms with Crippen LogP contribution in [0.25, 0.3) is 11.3 Å². The number of rotatable bonds is 5. The van der Waals surface area contributed by atoms with E-state index in [-0.39, 0.29) is 22.6 Å². The molecule has 3 rings (SSSR count). The lowest BCUT2D eigenvalue weighted by Crippen LogP contribution is -2.16. The maximum atomic E-state index is 12.2. The van der Waals surface area contributed by atoms with E-state index in [0.29, 0.717) is 16.0 Å². The van der Waals surface area contributed by atoms with Gasteiger partial charge in [-0.05, 0) is 0 Å². The molecule has 2 N–H and O–H groups in total. The highest BCUT2D eigenvalue weighted by Gasteiger charge is 2.18. The van der Waals surface area contributed by atoms with Crippen LogP contribution in [0.2, 0.25) is 0 Å². The molecule has 2 aromatic heterocycles. The number of nitrogens with one attached hydrogen (secondary N) is 2. The Bertz CT molecular complexity index is 991. The highest BCUT2D eigenvalue weighted by molar-refractivity contribution is 7.99. The first kappa shape index (κ1) is 19.3. The summed E-state index contributed by atoms with van der Waals surface area (Å²) in [6.45, 7) is 6.22. The number of H-pyrrole nitrogens is 1. The second-order valence-corrected chi connectivity index (χ2v) is 8.75. The molecule has 140 valence electrons. The van der Waals surface area contributed by atoms with Gasteiger partial charge >= 0.3 is 0 Å². The SMILES string of the molecule is CC(C)(C)c1csc(NC(=O)CSc2nc(-c3ccccc3)cc(=O)[nH]2)n1. The maximum Gasteiger partial charge on any atom is 0.252 e. The van der Waals surface area contributed by atoms with E-state index >= 15 is 0 Å². The van der Waals surface area contributed by atoms with Crippen LogP contribution in [0.3, 0.4) is 0 Å². The summed E-state index contributed by atoms with van der Waals surface area (Å²) in [5.41, 5.74) is 2.07. The third kappa shape index (κ3) is 5.27. The molecule has 0 saturated carbocycles. The number of thiazole rings is 1. The van der Waals surface area contributed by atoms with Crippen LogP contribution in [0.5, 0.6) is 0 Å². The Morgan fingerprint density at radius 1 is 1.22 bits per heavy atom. The maximum absolute atomic E-state index is 12.2. The molecule has 0 atom stereocenters. The molecule has 2 heterocycles. The van der Waals surface area contributed by atoms with Crippen LogP contribution in [0.1, 0.15) is 26.5 Å². The average molecular weight is 401 g/mol. The summed E-state index contributed by atoms with van der Waals surface area (Å²) < 4.78 is 0. The smallest absolute Gasteiger partial charge is 0.252 e. The highest BCUT2D eigenvalue weighted by atomic mass is 32.2. The Morgan fingerprint density at radius 3 is 2.63 bits per heavy atom. The number of nitrogens with zero attached hydrogens (tertiary/aromatic N) is 2. The molecule has 1 aromatic carbocycles. The number of aromatic nitrogens is 3. The molecule has 27 heavy (non-hydrogen) atoms. The Hall–Kier alpha value is -2.45. The minimum absolute atomic E-state index is 0.0600. The molecule has 8 heteroatoms. The first-order chi connectivity index (χ1) is 12.8. The number of carbonyl (C=O) groups excluding carboxylic acids is 1. The molecule has 0 aliphatic carbocycles. The van der Waals surface area contributed by atoms with Gasteiger partial charge in [-0.25, -0.2) is 9.97 Å². The van der Waals surface area contributed by atoms with Crippen LogP contribution in [-0.4, -0.2) is 26.6 Å². The van der Waals surface area contributed by atoms with Gasteiger partial charge in [-0.2, -0.15) is 0 Å². The largest absolute Gasteiger partial charge is 0.301 e. The van der Waals surface area contributed by atoms with Crippen molar-refractivity contribution in [1.29, 1.82) is 0 Å². The molecule has 0 radical (unpaired) electrons. The number of hydrogen-bond acceptors (Lipinski definition) is 6. The number of anilines is 1. The van der Waals surface area contributed by atoms with Gasteiger partial charge in [-0.1, -0.05) is 62.9 Å². The molecule has 0 saturated heterocycles. The molecular weight excluding hydrogens is 380 g/mol. The Balaban J connectivity index is 1.64. The molecule has 0 aliphatic heterocycles. The number of carbonyl (C=O) groups is 1. The molecule has 0 spiro atoms. The van der Waals surface area contributed by atoms with Crippen LogP contribution in [0.4, 0.5) is 5.13 Å². The fourth-order valence-electron chi connectivity index (χ4n) is 2.23. The first-order valence-corrected chi connectivity index (χ1v) is 10.2. The monoisotopic (exact) mass is 400 g/mol. The Kier molecular flexibility index (Phi) is 5.76. The summed E-state index contributed by atoms with van der Waals surface area (Å²) in [5, 5.41) is 5.73. The van der Waals surface area contributed by atoms with E-state index in [1.165, 1.54) is 29.2 Å². The quantitative estimate of drug-likeness (QED) is 0.501. The van der Waals surface area contributed by atoms with Crippen molar-refractivity contribution in [3.8, 4) is 11.3 Å². The molecule has 0 bridgehead atoms. The van der Waals surface area contributed by atoms with Crippen molar-refractivity contribution >= 4 is 34.1 Å². The van der Waals surface area contributed by atoms with Gasteiger partial charge in [0.2, 0.25) is 5.91 Å². The summed E-state index contributed by atoms with van der Waals surface area (Å²) >= 11 is 2.58. The van der Waals surface area contributed by atoms with Gasteiger partial charge in [0.15, 0.2) is 10.3 Å². The van der Waals surface area contributed by atoms with Crippen molar-refractivity contribution < 1.29 is 4.79 Å². The Labute approximate surface area is 165 Å². The molecule has 0 unspecified atom stereocenters. The van der Waals surface area contributed by atoms with Crippen LogP contribution < -0.4 is 10.9 Å². The fraction of sp³-hybridized carbons (Fsp3) is 0.263. The van der Waals surface area contributed by atoms with Gasteiger partial charge in [0.05, 0.1) is 17.1 Å². The summed E-state index contributed by atoms with van der Waals surface area (Å²) in [6, 6.07) is 10.9. The van der Waals surface area contributed by atoms with Gasteiger partial charge in [-0.3, -0.25) is 9.59 Å².